The molecule has 0 heterocycles. The van der Waals surface area contributed by atoms with Crippen LogP contribution in [-0.2, 0) is 0 Å². The van der Waals surface area contributed by atoms with Gasteiger partial charge in [-0.15, -0.1) is 0 Å². The Morgan fingerprint density at radius 1 is 1.00 bits per heavy atom. The molecule has 22 heavy (non-hydrogen) atoms. The lowest BCUT2D eigenvalue weighted by Gasteiger charge is -2.09. The summed E-state index contributed by atoms with van der Waals surface area (Å²) in [6.45, 7) is 0. The third-order valence-electron chi connectivity index (χ3n) is 2.81. The molecule has 0 aromatic heterocycles. The van der Waals surface area contributed by atoms with Crippen molar-refractivity contribution in [3.63, 3.8) is 0 Å². The van der Waals surface area contributed by atoms with E-state index in [1.54, 1.807) is 6.07 Å². The first kappa shape index (κ1) is 15.0. The average Bonchev–Trinajstić information content (AvgIpc) is 2.47. The predicted molar refractivity (Wildman–Crippen MR) is 76.7 cm³/mol. The third-order valence-corrected chi connectivity index (χ3v) is 2.81. The zero-order valence-corrected chi connectivity index (χ0v) is 11.0. The number of carboxylic acids is 2. The highest BCUT2D eigenvalue weighted by Crippen LogP contribution is 2.28. The SMILES string of the molecule is O=C(O)c1cc(Nc2ccccc2[N+](=O)[O-])cc(C(=O)O)c1. The van der Waals surface area contributed by atoms with Gasteiger partial charge in [0.1, 0.15) is 5.69 Å². The molecule has 0 unspecified atom stereocenters. The molecule has 8 nitrogen and oxygen atoms in total. The normalized spacial score (nSPS) is 10.0. The van der Waals surface area contributed by atoms with E-state index in [1.807, 2.05) is 0 Å². The van der Waals surface area contributed by atoms with Crippen molar-refractivity contribution in [3.05, 3.63) is 63.7 Å². The molecule has 0 bridgehead atoms. The number of carbonyl (C=O) groups is 2. The molecule has 3 N–H and O–H groups in total. The summed E-state index contributed by atoms with van der Waals surface area (Å²) in [7, 11) is 0. The van der Waals surface area contributed by atoms with Crippen LogP contribution in [0.1, 0.15) is 20.7 Å². The quantitative estimate of drug-likeness (QED) is 0.571. The lowest BCUT2D eigenvalue weighted by Crippen LogP contribution is -2.05. The summed E-state index contributed by atoms with van der Waals surface area (Å²) in [6, 6.07) is 9.17. The summed E-state index contributed by atoms with van der Waals surface area (Å²) in [5.74, 6) is -2.59. The zero-order valence-electron chi connectivity index (χ0n) is 11.0. The fourth-order valence-corrected chi connectivity index (χ4v) is 1.84. The Kier molecular flexibility index (Phi) is 4.03. The molecule has 0 spiro atoms. The first-order valence-electron chi connectivity index (χ1n) is 6.00. The summed E-state index contributed by atoms with van der Waals surface area (Å²) < 4.78 is 0. The maximum Gasteiger partial charge on any atom is 0.335 e. The molecule has 0 radical (unpaired) electrons. The van der Waals surface area contributed by atoms with Gasteiger partial charge in [0.05, 0.1) is 16.1 Å². The fraction of sp³-hybridized carbons (Fsp3) is 0. The Morgan fingerprint density at radius 2 is 1.55 bits per heavy atom. The van der Waals surface area contributed by atoms with Crippen LogP contribution in [0, 0.1) is 10.1 Å². The minimum atomic E-state index is -1.30. The number of benzene rings is 2. The molecule has 2 rings (SSSR count). The fourth-order valence-electron chi connectivity index (χ4n) is 1.84. The molecular formula is C14H10N2O6. The Balaban J connectivity index is 2.47. The van der Waals surface area contributed by atoms with Crippen LogP contribution in [0.15, 0.2) is 42.5 Å². The molecular weight excluding hydrogens is 292 g/mol. The number of para-hydroxylation sites is 2. The van der Waals surface area contributed by atoms with E-state index >= 15 is 0 Å². The van der Waals surface area contributed by atoms with Gasteiger partial charge in [-0.1, -0.05) is 12.1 Å². The van der Waals surface area contributed by atoms with Gasteiger partial charge in [-0.25, -0.2) is 9.59 Å². The molecule has 8 heteroatoms. The van der Waals surface area contributed by atoms with Crippen molar-refractivity contribution in [1.82, 2.24) is 0 Å². The van der Waals surface area contributed by atoms with E-state index in [9.17, 15) is 19.7 Å². The van der Waals surface area contributed by atoms with Crippen LogP contribution in [0.5, 0.6) is 0 Å². The average molecular weight is 302 g/mol. The van der Waals surface area contributed by atoms with Crippen molar-refractivity contribution in [2.45, 2.75) is 0 Å². The van der Waals surface area contributed by atoms with Crippen molar-refractivity contribution in [1.29, 1.82) is 0 Å². The molecule has 0 atom stereocenters. The first-order valence-corrected chi connectivity index (χ1v) is 6.00. The lowest BCUT2D eigenvalue weighted by molar-refractivity contribution is -0.383. The maximum atomic E-state index is 11.0. The third kappa shape index (κ3) is 3.18. The summed E-state index contributed by atoms with van der Waals surface area (Å²) in [5, 5.41) is 31.6. The second kappa shape index (κ2) is 5.92. The van der Waals surface area contributed by atoms with E-state index in [0.29, 0.717) is 0 Å². The van der Waals surface area contributed by atoms with E-state index in [0.717, 1.165) is 6.07 Å². The number of carboxylic acid groups (broad SMARTS) is 2. The zero-order chi connectivity index (χ0) is 16.3. The molecule has 0 saturated carbocycles. The van der Waals surface area contributed by atoms with Crippen LogP contribution in [-0.4, -0.2) is 27.1 Å². The number of nitrogens with zero attached hydrogens (tertiary/aromatic N) is 1. The number of nitrogens with one attached hydrogen (secondary N) is 1. The molecule has 0 saturated heterocycles. The molecule has 0 amide bonds. The Morgan fingerprint density at radius 3 is 2.05 bits per heavy atom. The highest BCUT2D eigenvalue weighted by Gasteiger charge is 2.15. The summed E-state index contributed by atoms with van der Waals surface area (Å²) in [5.41, 5.74) is -0.417. The van der Waals surface area contributed by atoms with Gasteiger partial charge >= 0.3 is 11.9 Å². The van der Waals surface area contributed by atoms with E-state index in [4.69, 9.17) is 10.2 Å². The van der Waals surface area contributed by atoms with Crippen molar-refractivity contribution < 1.29 is 24.7 Å². The highest BCUT2D eigenvalue weighted by atomic mass is 16.6. The second-order valence-electron chi connectivity index (χ2n) is 4.31. The number of aromatic carboxylic acids is 2. The van der Waals surface area contributed by atoms with Crippen molar-refractivity contribution in [3.8, 4) is 0 Å². The van der Waals surface area contributed by atoms with Gasteiger partial charge in [0.15, 0.2) is 0 Å². The number of anilines is 2. The van der Waals surface area contributed by atoms with E-state index in [1.165, 1.54) is 30.3 Å². The maximum absolute atomic E-state index is 11.0. The molecule has 2 aromatic rings. The largest absolute Gasteiger partial charge is 0.478 e. The predicted octanol–water partition coefficient (Wildman–Crippen LogP) is 2.73. The van der Waals surface area contributed by atoms with Gasteiger partial charge in [0.2, 0.25) is 0 Å². The number of hydrogen-bond acceptors (Lipinski definition) is 5. The molecule has 112 valence electrons. The Labute approximate surface area is 123 Å². The van der Waals surface area contributed by atoms with E-state index in [-0.39, 0.29) is 28.2 Å². The molecule has 0 aliphatic carbocycles. The van der Waals surface area contributed by atoms with E-state index < -0.39 is 16.9 Å². The van der Waals surface area contributed by atoms with Crippen LogP contribution in [0.3, 0.4) is 0 Å². The van der Waals surface area contributed by atoms with Gasteiger partial charge in [-0.05, 0) is 24.3 Å². The number of nitro benzene ring substituents is 1. The summed E-state index contributed by atoms with van der Waals surface area (Å²) in [4.78, 5) is 32.4. The van der Waals surface area contributed by atoms with Crippen molar-refractivity contribution >= 4 is 29.0 Å². The van der Waals surface area contributed by atoms with Gasteiger partial charge in [0, 0.05) is 11.8 Å². The van der Waals surface area contributed by atoms with E-state index in [2.05, 4.69) is 5.32 Å². The van der Waals surface area contributed by atoms with Crippen LogP contribution in [0.4, 0.5) is 17.1 Å². The lowest BCUT2D eigenvalue weighted by atomic mass is 10.1. The minimum Gasteiger partial charge on any atom is -0.478 e. The molecule has 0 aliphatic rings. The molecule has 0 aliphatic heterocycles. The number of hydrogen-bond donors (Lipinski definition) is 3. The number of nitro groups is 1. The summed E-state index contributed by atoms with van der Waals surface area (Å²) >= 11 is 0. The summed E-state index contributed by atoms with van der Waals surface area (Å²) in [6.07, 6.45) is 0. The van der Waals surface area contributed by atoms with Crippen LogP contribution in [0.25, 0.3) is 0 Å². The van der Waals surface area contributed by atoms with Crippen LogP contribution >= 0.6 is 0 Å². The van der Waals surface area contributed by atoms with Gasteiger partial charge in [-0.3, -0.25) is 10.1 Å². The smallest absolute Gasteiger partial charge is 0.335 e. The Bertz CT molecular complexity index is 739. The van der Waals surface area contributed by atoms with Crippen LogP contribution < -0.4 is 5.32 Å². The highest BCUT2D eigenvalue weighted by molar-refractivity contribution is 5.96. The van der Waals surface area contributed by atoms with Gasteiger partial charge in [0.25, 0.3) is 5.69 Å². The standard InChI is InChI=1S/C14H10N2O6/c17-13(18)8-5-9(14(19)20)7-10(6-8)15-11-3-1-2-4-12(11)16(21)22/h1-7,15H,(H,17,18)(H,19,20). The van der Waals surface area contributed by atoms with Crippen LogP contribution in [0.2, 0.25) is 0 Å². The molecule has 2 aromatic carbocycles. The van der Waals surface area contributed by atoms with Gasteiger partial charge in [-0.2, -0.15) is 0 Å². The van der Waals surface area contributed by atoms with Crippen molar-refractivity contribution in [2.24, 2.45) is 0 Å². The minimum absolute atomic E-state index is 0.131. The van der Waals surface area contributed by atoms with Gasteiger partial charge < -0.3 is 15.5 Å². The van der Waals surface area contributed by atoms with Crippen molar-refractivity contribution in [2.75, 3.05) is 5.32 Å². The monoisotopic (exact) mass is 302 g/mol. The Hall–Kier alpha value is -3.42. The topological polar surface area (TPSA) is 130 Å². The molecule has 0 fully saturated rings. The second-order valence-corrected chi connectivity index (χ2v) is 4.31. The number of rotatable bonds is 5. The first-order chi connectivity index (χ1) is 10.4.